The van der Waals surface area contributed by atoms with Crippen LogP contribution in [-0.2, 0) is 11.3 Å². The molecule has 29 heavy (non-hydrogen) atoms. The summed E-state index contributed by atoms with van der Waals surface area (Å²) in [5.41, 5.74) is 3.15. The summed E-state index contributed by atoms with van der Waals surface area (Å²) < 4.78 is 7.19. The van der Waals surface area contributed by atoms with Crippen molar-refractivity contribution in [2.45, 2.75) is 6.61 Å². The lowest BCUT2D eigenvalue weighted by atomic mass is 10.1. The van der Waals surface area contributed by atoms with Gasteiger partial charge in [-0.2, -0.15) is 5.10 Å². The summed E-state index contributed by atoms with van der Waals surface area (Å²) in [6.45, 7) is -0.0257. The third kappa shape index (κ3) is 4.19. The number of hydrogen-bond donors (Lipinski definition) is 0. The molecule has 0 radical (unpaired) electrons. The number of carbonyl (C=O) groups excluding carboxylic acids is 1. The highest BCUT2D eigenvalue weighted by Gasteiger charge is 2.20. The van der Waals surface area contributed by atoms with Crippen molar-refractivity contribution in [1.29, 1.82) is 0 Å². The lowest BCUT2D eigenvalue weighted by molar-refractivity contribution is 0.0474. The number of carbonyl (C=O) groups is 1. The second-order valence-electron chi connectivity index (χ2n) is 6.31. The second-order valence-corrected chi connectivity index (χ2v) is 7.13. The Morgan fingerprint density at radius 2 is 1.48 bits per heavy atom. The molecule has 0 aliphatic carbocycles. The van der Waals surface area contributed by atoms with E-state index in [0.717, 1.165) is 11.3 Å². The van der Waals surface area contributed by atoms with Crippen LogP contribution in [0.3, 0.4) is 0 Å². The minimum Gasteiger partial charge on any atom is -0.457 e. The maximum Gasteiger partial charge on any atom is 0.342 e. The summed E-state index contributed by atoms with van der Waals surface area (Å²) in [4.78, 5) is 12.9. The van der Waals surface area contributed by atoms with Crippen LogP contribution in [0.4, 0.5) is 0 Å². The van der Waals surface area contributed by atoms with Crippen molar-refractivity contribution < 1.29 is 9.53 Å². The van der Waals surface area contributed by atoms with E-state index in [0.29, 0.717) is 26.9 Å². The first kappa shape index (κ1) is 19.2. The van der Waals surface area contributed by atoms with Crippen molar-refractivity contribution in [3.8, 4) is 16.9 Å². The van der Waals surface area contributed by atoms with Crippen LogP contribution in [0.25, 0.3) is 16.9 Å². The van der Waals surface area contributed by atoms with Crippen molar-refractivity contribution >= 4 is 29.2 Å². The first-order valence-electron chi connectivity index (χ1n) is 8.94. The minimum absolute atomic E-state index is 0.0257. The molecule has 0 atom stereocenters. The number of nitrogens with zero attached hydrogens (tertiary/aromatic N) is 2. The van der Waals surface area contributed by atoms with Gasteiger partial charge in [0.05, 0.1) is 5.69 Å². The molecule has 6 heteroatoms. The number of para-hydroxylation sites is 1. The van der Waals surface area contributed by atoms with Crippen LogP contribution in [0.5, 0.6) is 0 Å². The molecule has 0 bridgehead atoms. The number of rotatable bonds is 5. The van der Waals surface area contributed by atoms with E-state index in [1.165, 1.54) is 0 Å². The molecule has 4 rings (SSSR count). The van der Waals surface area contributed by atoms with Gasteiger partial charge < -0.3 is 4.74 Å². The van der Waals surface area contributed by atoms with E-state index in [1.54, 1.807) is 29.1 Å². The smallest absolute Gasteiger partial charge is 0.342 e. The van der Waals surface area contributed by atoms with E-state index in [1.807, 2.05) is 60.7 Å². The van der Waals surface area contributed by atoms with Gasteiger partial charge in [0.25, 0.3) is 0 Å². The molecule has 0 N–H and O–H groups in total. The van der Waals surface area contributed by atoms with Crippen molar-refractivity contribution in [3.63, 3.8) is 0 Å². The third-order valence-corrected chi connectivity index (χ3v) is 5.12. The van der Waals surface area contributed by atoms with Crippen LogP contribution in [0.15, 0.2) is 85.1 Å². The molecule has 0 spiro atoms. The minimum atomic E-state index is -0.498. The van der Waals surface area contributed by atoms with E-state index >= 15 is 0 Å². The second kappa shape index (κ2) is 8.52. The number of aromatic nitrogens is 2. The Bertz CT molecular complexity index is 1120. The average molecular weight is 423 g/mol. The fraction of sp³-hybridized carbons (Fsp3) is 0.0435. The number of esters is 1. The zero-order valence-corrected chi connectivity index (χ0v) is 16.8. The third-order valence-electron chi connectivity index (χ3n) is 4.41. The predicted molar refractivity (Wildman–Crippen MR) is 115 cm³/mol. The Morgan fingerprint density at radius 1 is 0.862 bits per heavy atom. The largest absolute Gasteiger partial charge is 0.457 e. The van der Waals surface area contributed by atoms with Gasteiger partial charge in [-0.3, -0.25) is 0 Å². The molecular formula is C23H16Cl2N2O2. The van der Waals surface area contributed by atoms with Gasteiger partial charge in [0.15, 0.2) is 0 Å². The molecule has 4 nitrogen and oxygen atoms in total. The molecule has 3 aromatic carbocycles. The van der Waals surface area contributed by atoms with Gasteiger partial charge in [-0.15, -0.1) is 0 Å². The van der Waals surface area contributed by atoms with Crippen molar-refractivity contribution in [1.82, 2.24) is 9.78 Å². The fourth-order valence-electron chi connectivity index (χ4n) is 2.93. The molecule has 144 valence electrons. The molecule has 1 heterocycles. The van der Waals surface area contributed by atoms with Gasteiger partial charge >= 0.3 is 5.97 Å². The quantitative estimate of drug-likeness (QED) is 0.359. The number of halogens is 2. The standard InChI is InChI=1S/C23H16Cl2N2O2/c24-20-12-7-13-21(25)19(20)15-29-23(28)18-14-27(17-10-5-2-6-11-17)26-22(18)16-8-3-1-4-9-16/h1-14H,15H2. The van der Waals surface area contributed by atoms with E-state index in [4.69, 9.17) is 27.9 Å². The number of hydrogen-bond acceptors (Lipinski definition) is 3. The molecule has 0 aliphatic rings. The van der Waals surface area contributed by atoms with Crippen molar-refractivity contribution in [2.75, 3.05) is 0 Å². The summed E-state index contributed by atoms with van der Waals surface area (Å²) in [6.07, 6.45) is 1.67. The van der Waals surface area contributed by atoms with Gasteiger partial charge in [0.2, 0.25) is 0 Å². The fourth-order valence-corrected chi connectivity index (χ4v) is 3.44. The topological polar surface area (TPSA) is 44.1 Å². The van der Waals surface area contributed by atoms with Crippen LogP contribution in [0.1, 0.15) is 15.9 Å². The van der Waals surface area contributed by atoms with Gasteiger partial charge in [-0.25, -0.2) is 9.48 Å². The van der Waals surface area contributed by atoms with Crippen LogP contribution >= 0.6 is 23.2 Å². The monoisotopic (exact) mass is 422 g/mol. The lowest BCUT2D eigenvalue weighted by Crippen LogP contribution is -2.06. The molecule has 0 saturated carbocycles. The molecule has 0 unspecified atom stereocenters. The predicted octanol–water partition coefficient (Wildman–Crippen LogP) is 6.20. The highest BCUT2D eigenvalue weighted by Crippen LogP contribution is 2.27. The SMILES string of the molecule is O=C(OCc1c(Cl)cccc1Cl)c1cn(-c2ccccc2)nc1-c1ccccc1. The van der Waals surface area contributed by atoms with Crippen molar-refractivity contribution in [3.05, 3.63) is 106 Å². The Labute approximate surface area is 178 Å². The van der Waals surface area contributed by atoms with Gasteiger partial charge in [0, 0.05) is 27.4 Å². The lowest BCUT2D eigenvalue weighted by Gasteiger charge is -2.08. The Kier molecular flexibility index (Phi) is 5.65. The summed E-state index contributed by atoms with van der Waals surface area (Å²) in [6, 6.07) is 24.3. The van der Waals surface area contributed by atoms with Crippen LogP contribution < -0.4 is 0 Å². The molecule has 0 saturated heterocycles. The molecule has 1 aromatic heterocycles. The molecule has 0 fully saturated rings. The van der Waals surface area contributed by atoms with E-state index in [9.17, 15) is 4.79 Å². The highest BCUT2D eigenvalue weighted by molar-refractivity contribution is 6.35. The normalized spacial score (nSPS) is 10.7. The van der Waals surface area contributed by atoms with E-state index in [2.05, 4.69) is 5.10 Å². The zero-order chi connectivity index (χ0) is 20.2. The molecular weight excluding hydrogens is 407 g/mol. The Balaban J connectivity index is 1.68. The maximum absolute atomic E-state index is 12.9. The van der Waals surface area contributed by atoms with Gasteiger partial charge in [0.1, 0.15) is 17.9 Å². The van der Waals surface area contributed by atoms with Crippen LogP contribution in [0, 0.1) is 0 Å². The van der Waals surface area contributed by atoms with Gasteiger partial charge in [-0.05, 0) is 24.3 Å². The van der Waals surface area contributed by atoms with E-state index in [-0.39, 0.29) is 6.61 Å². The van der Waals surface area contributed by atoms with E-state index < -0.39 is 5.97 Å². The van der Waals surface area contributed by atoms with Crippen LogP contribution in [0.2, 0.25) is 10.0 Å². The highest BCUT2D eigenvalue weighted by atomic mass is 35.5. The summed E-state index contributed by atoms with van der Waals surface area (Å²) >= 11 is 12.4. The zero-order valence-electron chi connectivity index (χ0n) is 15.3. The summed E-state index contributed by atoms with van der Waals surface area (Å²) in [5, 5.41) is 5.53. The first-order chi connectivity index (χ1) is 14.1. The molecule has 0 aliphatic heterocycles. The average Bonchev–Trinajstić information content (AvgIpc) is 3.20. The number of benzene rings is 3. The van der Waals surface area contributed by atoms with Gasteiger partial charge in [-0.1, -0.05) is 77.8 Å². The first-order valence-corrected chi connectivity index (χ1v) is 9.69. The molecule has 0 amide bonds. The summed E-state index contributed by atoms with van der Waals surface area (Å²) in [5.74, 6) is -0.498. The Hall–Kier alpha value is -3.08. The maximum atomic E-state index is 12.9. The van der Waals surface area contributed by atoms with Crippen molar-refractivity contribution in [2.24, 2.45) is 0 Å². The number of ether oxygens (including phenoxy) is 1. The summed E-state index contributed by atoms with van der Waals surface area (Å²) in [7, 11) is 0. The molecule has 4 aromatic rings. The van der Waals surface area contributed by atoms with Crippen LogP contribution in [-0.4, -0.2) is 15.7 Å². The Morgan fingerprint density at radius 3 is 2.14 bits per heavy atom.